The normalized spacial score (nSPS) is 22.9. The van der Waals surface area contributed by atoms with Crippen molar-refractivity contribution in [1.29, 1.82) is 0 Å². The van der Waals surface area contributed by atoms with Crippen LogP contribution in [0.5, 0.6) is 0 Å². The monoisotopic (exact) mass is 596 g/mol. The van der Waals surface area contributed by atoms with E-state index in [-0.39, 0.29) is 23.1 Å². The van der Waals surface area contributed by atoms with E-state index in [1.165, 1.54) is 18.6 Å². The quantitative estimate of drug-likeness (QED) is 0.123. The van der Waals surface area contributed by atoms with Gasteiger partial charge in [-0.2, -0.15) is 0 Å². The molecule has 43 heavy (non-hydrogen) atoms. The first kappa shape index (κ1) is 28.8. The molecule has 0 spiro atoms. The van der Waals surface area contributed by atoms with Gasteiger partial charge in [0, 0.05) is 22.9 Å². The summed E-state index contributed by atoms with van der Waals surface area (Å²) in [4.78, 5) is 33.3. The number of anilines is 1. The van der Waals surface area contributed by atoms with Gasteiger partial charge in [-0.25, -0.2) is 26.9 Å². The third-order valence-electron chi connectivity index (χ3n) is 9.28. The van der Waals surface area contributed by atoms with E-state index in [1.807, 2.05) is 0 Å². The molecule has 0 aliphatic heterocycles. The molecule has 4 aromatic rings. The van der Waals surface area contributed by atoms with E-state index in [4.69, 9.17) is 0 Å². The first-order valence-corrected chi connectivity index (χ1v) is 14.1. The Hall–Kier alpha value is -4.28. The summed E-state index contributed by atoms with van der Waals surface area (Å²) in [6.45, 7) is 6.83. The maximum absolute atomic E-state index is 14.0. The third-order valence-corrected chi connectivity index (χ3v) is 9.28. The summed E-state index contributed by atoms with van der Waals surface area (Å²) in [5.41, 5.74) is 0.952. The highest BCUT2D eigenvalue weighted by Gasteiger charge is 2.57. The minimum atomic E-state index is -2.34. The minimum Gasteiger partial charge on any atom is -0.349 e. The van der Waals surface area contributed by atoms with E-state index in [2.05, 4.69) is 41.4 Å². The number of hydrogen-bond acceptors (Lipinski definition) is 3. The van der Waals surface area contributed by atoms with Crippen molar-refractivity contribution in [3.05, 3.63) is 82.7 Å². The number of H-pyrrole nitrogens is 1. The van der Waals surface area contributed by atoms with Crippen LogP contribution < -0.4 is 10.6 Å². The molecule has 2 aliphatic carbocycles. The second kappa shape index (κ2) is 10.5. The highest BCUT2D eigenvalue weighted by atomic mass is 19.2. The van der Waals surface area contributed by atoms with Crippen LogP contribution in [0.3, 0.4) is 0 Å². The molecule has 3 N–H and O–H groups in total. The molecule has 4 atom stereocenters. The summed E-state index contributed by atoms with van der Waals surface area (Å²) in [5, 5.41) is 5.43. The van der Waals surface area contributed by atoms with Gasteiger partial charge >= 0.3 is 0 Å². The van der Waals surface area contributed by atoms with E-state index < -0.39 is 40.6 Å². The molecule has 11 heteroatoms. The number of aromatic nitrogens is 2. The fourth-order valence-electron chi connectivity index (χ4n) is 7.39. The summed E-state index contributed by atoms with van der Waals surface area (Å²) in [5.74, 6) is -10.5. The van der Waals surface area contributed by atoms with Crippen LogP contribution >= 0.6 is 0 Å². The zero-order chi connectivity index (χ0) is 30.8. The largest absolute Gasteiger partial charge is 0.349 e. The van der Waals surface area contributed by atoms with Crippen LogP contribution in [0.1, 0.15) is 60.7 Å². The zero-order valence-electron chi connectivity index (χ0n) is 23.6. The van der Waals surface area contributed by atoms with Crippen molar-refractivity contribution >= 4 is 28.5 Å². The Morgan fingerprint density at radius 2 is 1.58 bits per heavy atom. The fraction of sp³-hybridized carbons (Fsp3) is 0.344. The summed E-state index contributed by atoms with van der Waals surface area (Å²) in [6, 6.07) is 11.3. The Bertz CT molecular complexity index is 1740. The van der Waals surface area contributed by atoms with Crippen molar-refractivity contribution in [3.8, 4) is 11.4 Å². The molecule has 2 aliphatic rings. The molecule has 224 valence electrons. The maximum Gasteiger partial charge on any atom is 0.261 e. The Morgan fingerprint density at radius 1 is 0.930 bits per heavy atom. The smallest absolute Gasteiger partial charge is 0.261 e. The van der Waals surface area contributed by atoms with E-state index in [0.717, 1.165) is 12.8 Å². The van der Waals surface area contributed by atoms with Gasteiger partial charge in [-0.05, 0) is 84.9 Å². The summed E-state index contributed by atoms with van der Waals surface area (Å²) in [7, 11) is 0. The Morgan fingerprint density at radius 3 is 2.21 bits per heavy atom. The molecule has 2 bridgehead atoms. The molecule has 2 amide bonds. The van der Waals surface area contributed by atoms with Crippen LogP contribution in [-0.4, -0.2) is 27.8 Å². The van der Waals surface area contributed by atoms with E-state index >= 15 is 0 Å². The van der Waals surface area contributed by atoms with Crippen molar-refractivity contribution in [2.45, 2.75) is 46.1 Å². The van der Waals surface area contributed by atoms with E-state index in [1.54, 1.807) is 30.3 Å². The molecule has 4 unspecified atom stereocenters. The van der Waals surface area contributed by atoms with Gasteiger partial charge in [-0.1, -0.05) is 20.8 Å². The molecule has 6 rings (SSSR count). The number of hydrogen-bond donors (Lipinski definition) is 3. The lowest BCUT2D eigenvalue weighted by Crippen LogP contribution is -2.45. The first-order valence-electron chi connectivity index (χ1n) is 14.1. The summed E-state index contributed by atoms with van der Waals surface area (Å²) < 4.78 is 68.3. The van der Waals surface area contributed by atoms with E-state index in [9.17, 15) is 31.5 Å². The summed E-state index contributed by atoms with van der Waals surface area (Å²) in [6.07, 6.45) is 3.33. The molecular weight excluding hydrogens is 567 g/mol. The Kier molecular flexibility index (Phi) is 7.01. The number of rotatable bonds is 6. The summed E-state index contributed by atoms with van der Waals surface area (Å²) >= 11 is 0. The number of carbonyl (C=O) groups excluding carboxylic acids is 2. The van der Waals surface area contributed by atoms with Gasteiger partial charge in [0.15, 0.2) is 23.3 Å². The van der Waals surface area contributed by atoms with Crippen LogP contribution in [0, 0.1) is 52.3 Å². The predicted octanol–water partition coefficient (Wildman–Crippen LogP) is 7.37. The van der Waals surface area contributed by atoms with Crippen LogP contribution in [0.4, 0.5) is 27.6 Å². The number of aromatic amines is 1. The van der Waals surface area contributed by atoms with Gasteiger partial charge in [0.05, 0.1) is 11.0 Å². The number of nitrogens with one attached hydrogen (secondary N) is 3. The van der Waals surface area contributed by atoms with Gasteiger partial charge in [-0.3, -0.25) is 9.59 Å². The number of fused-ring (bicyclic) bond motifs is 3. The second-order valence-electron chi connectivity index (χ2n) is 12.1. The number of carbonyl (C=O) groups is 2. The molecule has 1 aromatic heterocycles. The van der Waals surface area contributed by atoms with Crippen LogP contribution in [0.25, 0.3) is 22.4 Å². The lowest BCUT2D eigenvalue weighted by atomic mass is 9.73. The molecule has 0 saturated heterocycles. The lowest BCUT2D eigenvalue weighted by molar-refractivity contribution is 0.0865. The molecule has 6 nitrogen and oxygen atoms in total. The first-order chi connectivity index (χ1) is 20.4. The predicted molar refractivity (Wildman–Crippen MR) is 151 cm³/mol. The van der Waals surface area contributed by atoms with Gasteiger partial charge in [-0.15, -0.1) is 0 Å². The third kappa shape index (κ3) is 4.74. The molecule has 0 radical (unpaired) electrons. The molecule has 2 saturated carbocycles. The van der Waals surface area contributed by atoms with Gasteiger partial charge < -0.3 is 15.6 Å². The van der Waals surface area contributed by atoms with Gasteiger partial charge in [0.25, 0.3) is 11.8 Å². The fourth-order valence-corrected chi connectivity index (χ4v) is 7.39. The average Bonchev–Trinajstić information content (AvgIpc) is 3.63. The van der Waals surface area contributed by atoms with Crippen LogP contribution in [0.2, 0.25) is 0 Å². The molecule has 3 aromatic carbocycles. The van der Waals surface area contributed by atoms with Crippen molar-refractivity contribution in [1.82, 2.24) is 15.3 Å². The van der Waals surface area contributed by atoms with Gasteiger partial charge in [0.1, 0.15) is 11.4 Å². The minimum absolute atomic E-state index is 0.0572. The standard InChI is InChI=1S/C32H29F5N4O2/c1-14(2)23-16-10-11-32(23,3)21(13-16)41-30(42)17-6-9-19-20(12-17)40-29(39-19)15-4-7-18(8-5-15)38-31(43)22-24(33)26(35)28(37)27(36)25(22)34/h4-9,12,14,16,21,23H,10-11,13H2,1-3H3,(H,38,43)(H,39,40)(H,41,42). The second-order valence-corrected chi connectivity index (χ2v) is 12.1. The van der Waals surface area contributed by atoms with Crippen molar-refractivity contribution in [2.75, 3.05) is 5.32 Å². The molecule has 1 heterocycles. The number of imidazole rings is 1. The number of benzene rings is 3. The lowest BCUT2D eigenvalue weighted by Gasteiger charge is -2.36. The van der Waals surface area contributed by atoms with Crippen molar-refractivity contribution in [2.24, 2.45) is 23.2 Å². The Labute approximate surface area is 244 Å². The highest BCUT2D eigenvalue weighted by molar-refractivity contribution is 6.05. The number of amides is 2. The zero-order valence-corrected chi connectivity index (χ0v) is 23.6. The van der Waals surface area contributed by atoms with E-state index in [0.29, 0.717) is 45.7 Å². The molecular formula is C32H29F5N4O2. The number of halogens is 5. The highest BCUT2D eigenvalue weighted by Crippen LogP contribution is 2.60. The topological polar surface area (TPSA) is 86.9 Å². The molecule has 2 fully saturated rings. The maximum atomic E-state index is 14.0. The van der Waals surface area contributed by atoms with Crippen LogP contribution in [0.15, 0.2) is 42.5 Å². The number of nitrogens with zero attached hydrogens (tertiary/aromatic N) is 1. The van der Waals surface area contributed by atoms with Gasteiger partial charge in [0.2, 0.25) is 5.82 Å². The SMILES string of the molecule is CC(C)C1C2CCC1(C)C(NC(=O)c1ccc3nc(-c4ccc(NC(=O)c5c(F)c(F)c(F)c(F)c5F)cc4)[nH]c3c1)C2. The average molecular weight is 597 g/mol. The van der Waals surface area contributed by atoms with Crippen molar-refractivity contribution in [3.63, 3.8) is 0 Å². The van der Waals surface area contributed by atoms with Crippen molar-refractivity contribution < 1.29 is 31.5 Å². The van der Waals surface area contributed by atoms with Crippen LogP contribution in [-0.2, 0) is 0 Å². The Balaban J connectivity index is 1.17.